The molecule has 32 heavy (non-hydrogen) atoms. The molecule has 0 spiro atoms. The quantitative estimate of drug-likeness (QED) is 0.439. The van der Waals surface area contributed by atoms with Crippen LogP contribution in [0.2, 0.25) is 5.02 Å². The second-order valence-electron chi connectivity index (χ2n) is 6.31. The van der Waals surface area contributed by atoms with Gasteiger partial charge in [-0.05, 0) is 54.6 Å². The fraction of sp³-hybridized carbons (Fsp3) is 0.0952. The monoisotopic (exact) mass is 464 g/mol. The Morgan fingerprint density at radius 1 is 0.969 bits per heavy atom. The zero-order valence-corrected chi connectivity index (χ0v) is 17.0. The SMILES string of the molecule is O=C(Nc1ccc(OCNC(=O)c2ccccn2)cc1)Nc1ccc(Cl)c(C(F)(F)F)c1. The molecule has 11 heteroatoms. The van der Waals surface area contributed by atoms with E-state index < -0.39 is 28.7 Å². The molecule has 0 saturated carbocycles. The smallest absolute Gasteiger partial charge is 0.417 e. The summed E-state index contributed by atoms with van der Waals surface area (Å²) in [5.41, 5.74) is -0.487. The van der Waals surface area contributed by atoms with E-state index >= 15 is 0 Å². The zero-order chi connectivity index (χ0) is 23.1. The van der Waals surface area contributed by atoms with Gasteiger partial charge in [-0.1, -0.05) is 17.7 Å². The summed E-state index contributed by atoms with van der Waals surface area (Å²) < 4.78 is 44.2. The van der Waals surface area contributed by atoms with Gasteiger partial charge in [0.2, 0.25) is 0 Å². The lowest BCUT2D eigenvalue weighted by Gasteiger charge is -2.12. The number of alkyl halides is 3. The van der Waals surface area contributed by atoms with Crippen LogP contribution in [0, 0.1) is 0 Å². The van der Waals surface area contributed by atoms with Gasteiger partial charge in [-0.15, -0.1) is 0 Å². The van der Waals surface area contributed by atoms with Crippen LogP contribution < -0.4 is 20.7 Å². The van der Waals surface area contributed by atoms with Gasteiger partial charge >= 0.3 is 12.2 Å². The van der Waals surface area contributed by atoms with Crippen molar-refractivity contribution >= 4 is 34.9 Å². The molecule has 0 aliphatic carbocycles. The molecular formula is C21H16ClF3N4O3. The number of nitrogens with one attached hydrogen (secondary N) is 3. The van der Waals surface area contributed by atoms with Crippen LogP contribution in [0.5, 0.6) is 5.75 Å². The van der Waals surface area contributed by atoms with Crippen LogP contribution in [0.3, 0.4) is 0 Å². The van der Waals surface area contributed by atoms with E-state index in [1.165, 1.54) is 24.4 Å². The van der Waals surface area contributed by atoms with E-state index in [1.54, 1.807) is 30.3 Å². The number of amides is 3. The van der Waals surface area contributed by atoms with Crippen molar-refractivity contribution in [3.05, 3.63) is 83.1 Å². The molecule has 3 rings (SSSR count). The molecule has 1 heterocycles. The van der Waals surface area contributed by atoms with Crippen molar-refractivity contribution in [3.63, 3.8) is 0 Å². The number of carbonyl (C=O) groups excluding carboxylic acids is 2. The minimum absolute atomic E-state index is 0.0668. The number of ether oxygens (including phenoxy) is 1. The van der Waals surface area contributed by atoms with Gasteiger partial charge in [0, 0.05) is 17.6 Å². The van der Waals surface area contributed by atoms with Gasteiger partial charge in [-0.2, -0.15) is 13.2 Å². The average Bonchev–Trinajstić information content (AvgIpc) is 2.76. The molecular weight excluding hydrogens is 449 g/mol. The maximum Gasteiger partial charge on any atom is 0.417 e. The molecule has 3 aromatic rings. The maximum absolute atomic E-state index is 12.9. The fourth-order valence-electron chi connectivity index (χ4n) is 2.52. The normalized spacial score (nSPS) is 10.9. The second-order valence-corrected chi connectivity index (χ2v) is 6.71. The highest BCUT2D eigenvalue weighted by atomic mass is 35.5. The van der Waals surface area contributed by atoms with E-state index in [2.05, 4.69) is 20.9 Å². The molecule has 3 amide bonds. The molecule has 0 unspecified atom stereocenters. The minimum Gasteiger partial charge on any atom is -0.473 e. The molecule has 166 valence electrons. The lowest BCUT2D eigenvalue weighted by atomic mass is 10.2. The van der Waals surface area contributed by atoms with Crippen molar-refractivity contribution < 1.29 is 27.5 Å². The Kier molecular flexibility index (Phi) is 7.16. The van der Waals surface area contributed by atoms with E-state index in [-0.39, 0.29) is 18.1 Å². The third kappa shape index (κ3) is 6.35. The van der Waals surface area contributed by atoms with Gasteiger partial charge in [0.25, 0.3) is 5.91 Å². The first-order valence-electron chi connectivity index (χ1n) is 9.09. The molecule has 1 aromatic heterocycles. The predicted octanol–water partition coefficient (Wildman–Crippen LogP) is 5.16. The highest BCUT2D eigenvalue weighted by Gasteiger charge is 2.33. The van der Waals surface area contributed by atoms with Crippen molar-refractivity contribution in [2.45, 2.75) is 6.18 Å². The van der Waals surface area contributed by atoms with Crippen molar-refractivity contribution in [1.82, 2.24) is 10.3 Å². The van der Waals surface area contributed by atoms with Gasteiger partial charge in [-0.3, -0.25) is 9.78 Å². The van der Waals surface area contributed by atoms with E-state index in [1.807, 2.05) is 0 Å². The molecule has 2 aromatic carbocycles. The number of anilines is 2. The highest BCUT2D eigenvalue weighted by molar-refractivity contribution is 6.31. The molecule has 0 radical (unpaired) electrons. The van der Waals surface area contributed by atoms with Crippen molar-refractivity contribution in [2.75, 3.05) is 17.4 Å². The van der Waals surface area contributed by atoms with Crippen LogP contribution in [-0.4, -0.2) is 23.7 Å². The third-order valence-corrected chi connectivity index (χ3v) is 4.34. The molecule has 3 N–H and O–H groups in total. The molecule has 0 aliphatic rings. The van der Waals surface area contributed by atoms with Crippen molar-refractivity contribution in [2.24, 2.45) is 0 Å². The number of rotatable bonds is 6. The van der Waals surface area contributed by atoms with Crippen LogP contribution in [0.1, 0.15) is 16.1 Å². The Morgan fingerprint density at radius 2 is 1.66 bits per heavy atom. The van der Waals surface area contributed by atoms with Gasteiger partial charge in [0.05, 0.1) is 10.6 Å². The Hall–Kier alpha value is -3.79. The number of urea groups is 1. The first-order valence-corrected chi connectivity index (χ1v) is 9.47. The first kappa shape index (κ1) is 22.9. The predicted molar refractivity (Wildman–Crippen MR) is 113 cm³/mol. The van der Waals surface area contributed by atoms with Crippen LogP contribution >= 0.6 is 11.6 Å². The first-order chi connectivity index (χ1) is 15.2. The zero-order valence-electron chi connectivity index (χ0n) is 16.2. The number of hydrogen-bond donors (Lipinski definition) is 3. The highest BCUT2D eigenvalue weighted by Crippen LogP contribution is 2.36. The van der Waals surface area contributed by atoms with Crippen molar-refractivity contribution in [1.29, 1.82) is 0 Å². The fourth-order valence-corrected chi connectivity index (χ4v) is 2.75. The molecule has 0 bridgehead atoms. The van der Waals surface area contributed by atoms with Crippen LogP contribution in [0.4, 0.5) is 29.3 Å². The summed E-state index contributed by atoms with van der Waals surface area (Å²) in [7, 11) is 0. The van der Waals surface area contributed by atoms with E-state index in [0.29, 0.717) is 11.4 Å². The summed E-state index contributed by atoms with van der Waals surface area (Å²) in [5, 5.41) is 6.89. The Morgan fingerprint density at radius 3 is 2.31 bits per heavy atom. The van der Waals surface area contributed by atoms with Gasteiger partial charge in [-0.25, -0.2) is 4.79 Å². The second kappa shape index (κ2) is 10.0. The number of hydrogen-bond acceptors (Lipinski definition) is 4. The van der Waals surface area contributed by atoms with Gasteiger partial charge in [0.15, 0.2) is 6.73 Å². The molecule has 0 fully saturated rings. The topological polar surface area (TPSA) is 92.4 Å². The average molecular weight is 465 g/mol. The van der Waals surface area contributed by atoms with Crippen LogP contribution in [0.15, 0.2) is 66.9 Å². The summed E-state index contributed by atoms with van der Waals surface area (Å²) in [6.45, 7) is -0.0965. The van der Waals surface area contributed by atoms with Crippen LogP contribution in [-0.2, 0) is 6.18 Å². The van der Waals surface area contributed by atoms with Gasteiger partial charge < -0.3 is 20.7 Å². The summed E-state index contributed by atoms with van der Waals surface area (Å²) in [4.78, 5) is 27.9. The molecule has 0 aliphatic heterocycles. The largest absolute Gasteiger partial charge is 0.473 e. The summed E-state index contributed by atoms with van der Waals surface area (Å²) in [6.07, 6.45) is -3.14. The number of halogens is 4. The van der Waals surface area contributed by atoms with E-state index in [4.69, 9.17) is 16.3 Å². The maximum atomic E-state index is 12.9. The summed E-state index contributed by atoms with van der Waals surface area (Å²) in [5.74, 6) is 0.0289. The standard InChI is InChI=1S/C21H16ClF3N4O3/c22-17-9-6-14(11-16(17)21(23,24)25)29-20(31)28-13-4-7-15(8-5-13)32-12-27-19(30)18-3-1-2-10-26-18/h1-11H,12H2,(H,27,30)(H2,28,29,31). The van der Waals surface area contributed by atoms with E-state index in [9.17, 15) is 22.8 Å². The minimum atomic E-state index is -4.64. The lowest BCUT2D eigenvalue weighted by molar-refractivity contribution is -0.137. The van der Waals surface area contributed by atoms with Crippen LogP contribution in [0.25, 0.3) is 0 Å². The third-order valence-electron chi connectivity index (χ3n) is 4.01. The number of carbonyl (C=O) groups is 2. The summed E-state index contributed by atoms with van der Waals surface area (Å²) in [6, 6.07) is 13.4. The number of aromatic nitrogens is 1. The Bertz CT molecular complexity index is 1090. The Balaban J connectivity index is 1.50. The van der Waals surface area contributed by atoms with Gasteiger partial charge in [0.1, 0.15) is 11.4 Å². The lowest BCUT2D eigenvalue weighted by Crippen LogP contribution is -2.28. The van der Waals surface area contributed by atoms with E-state index in [0.717, 1.165) is 12.1 Å². The summed E-state index contributed by atoms with van der Waals surface area (Å²) >= 11 is 5.56. The molecule has 7 nitrogen and oxygen atoms in total. The number of pyridine rings is 1. The number of benzene rings is 2. The Labute approximate surface area is 185 Å². The van der Waals surface area contributed by atoms with Crippen molar-refractivity contribution in [3.8, 4) is 5.75 Å². The molecule has 0 atom stereocenters. The number of nitrogens with zero attached hydrogens (tertiary/aromatic N) is 1. The molecule has 0 saturated heterocycles.